The molecule has 4 heteroatoms. The Kier molecular flexibility index (Phi) is 3.99. The highest BCUT2D eigenvalue weighted by atomic mass is 32.1. The van der Waals surface area contributed by atoms with E-state index >= 15 is 0 Å². The van der Waals surface area contributed by atoms with E-state index in [2.05, 4.69) is 41.1 Å². The lowest BCUT2D eigenvalue weighted by Crippen LogP contribution is -2.07. The van der Waals surface area contributed by atoms with E-state index in [1.165, 1.54) is 16.1 Å². The van der Waals surface area contributed by atoms with Gasteiger partial charge in [-0.15, -0.1) is 11.3 Å². The molecule has 0 spiro atoms. The van der Waals surface area contributed by atoms with Crippen molar-refractivity contribution in [3.63, 3.8) is 0 Å². The van der Waals surface area contributed by atoms with Crippen molar-refractivity contribution in [2.24, 2.45) is 5.73 Å². The third-order valence-electron chi connectivity index (χ3n) is 2.89. The van der Waals surface area contributed by atoms with Crippen molar-refractivity contribution in [2.75, 3.05) is 25.5 Å². The van der Waals surface area contributed by atoms with Crippen molar-refractivity contribution in [3.8, 4) is 10.6 Å². The maximum Gasteiger partial charge on any atom is 0.123 e. The van der Waals surface area contributed by atoms with Gasteiger partial charge in [0.25, 0.3) is 0 Å². The highest BCUT2D eigenvalue weighted by Gasteiger charge is 2.08. The predicted molar refractivity (Wildman–Crippen MR) is 79.4 cm³/mol. The minimum atomic E-state index is 0.683. The summed E-state index contributed by atoms with van der Waals surface area (Å²) in [7, 11) is 4.09. The largest absolute Gasteiger partial charge is 0.378 e. The van der Waals surface area contributed by atoms with Gasteiger partial charge in [0.05, 0.1) is 5.69 Å². The van der Waals surface area contributed by atoms with E-state index in [0.29, 0.717) is 6.54 Å². The molecule has 96 valence electrons. The van der Waals surface area contributed by atoms with Crippen LogP contribution in [0.1, 0.15) is 10.6 Å². The number of aromatic nitrogens is 1. The van der Waals surface area contributed by atoms with Crippen LogP contribution in [-0.4, -0.2) is 25.6 Å². The van der Waals surface area contributed by atoms with Gasteiger partial charge in [-0.05, 0) is 44.2 Å². The molecule has 2 aromatic rings. The highest BCUT2D eigenvalue weighted by Crippen LogP contribution is 2.29. The fourth-order valence-corrected chi connectivity index (χ4v) is 2.90. The van der Waals surface area contributed by atoms with Gasteiger partial charge in [0, 0.05) is 30.2 Å². The molecule has 0 aliphatic rings. The molecule has 0 saturated heterocycles. The Morgan fingerprint density at radius 1 is 1.22 bits per heavy atom. The smallest absolute Gasteiger partial charge is 0.123 e. The fourth-order valence-electron chi connectivity index (χ4n) is 1.82. The average molecular weight is 261 g/mol. The molecule has 0 unspecified atom stereocenters. The van der Waals surface area contributed by atoms with Crippen LogP contribution >= 0.6 is 11.3 Å². The van der Waals surface area contributed by atoms with E-state index in [1.807, 2.05) is 14.1 Å². The highest BCUT2D eigenvalue weighted by molar-refractivity contribution is 7.15. The molecule has 1 aromatic carbocycles. The summed E-state index contributed by atoms with van der Waals surface area (Å²) in [6.07, 6.45) is 0.916. The van der Waals surface area contributed by atoms with E-state index in [4.69, 9.17) is 5.73 Å². The number of thiazole rings is 1. The lowest BCUT2D eigenvalue weighted by atomic mass is 10.2. The van der Waals surface area contributed by atoms with Crippen molar-refractivity contribution in [1.82, 2.24) is 4.98 Å². The van der Waals surface area contributed by atoms with Crippen LogP contribution < -0.4 is 10.6 Å². The molecule has 0 saturated carbocycles. The lowest BCUT2D eigenvalue weighted by Gasteiger charge is -2.11. The first-order valence-electron chi connectivity index (χ1n) is 6.06. The number of hydrogen-bond acceptors (Lipinski definition) is 4. The minimum Gasteiger partial charge on any atom is -0.378 e. The molecule has 0 aliphatic heterocycles. The topological polar surface area (TPSA) is 42.2 Å². The Morgan fingerprint density at radius 3 is 2.44 bits per heavy atom. The fraction of sp³-hybridized carbons (Fsp3) is 0.357. The molecule has 0 radical (unpaired) electrons. The molecule has 3 nitrogen and oxygen atoms in total. The number of benzene rings is 1. The number of anilines is 1. The monoisotopic (exact) mass is 261 g/mol. The van der Waals surface area contributed by atoms with Gasteiger partial charge in [-0.3, -0.25) is 0 Å². The molecule has 2 rings (SSSR count). The van der Waals surface area contributed by atoms with Gasteiger partial charge in [0.1, 0.15) is 5.01 Å². The van der Waals surface area contributed by atoms with Crippen LogP contribution in [-0.2, 0) is 6.42 Å². The van der Waals surface area contributed by atoms with E-state index in [1.54, 1.807) is 11.3 Å². The number of nitrogens with zero attached hydrogens (tertiary/aromatic N) is 2. The minimum absolute atomic E-state index is 0.683. The summed E-state index contributed by atoms with van der Waals surface area (Å²) in [5, 5.41) is 1.08. The van der Waals surface area contributed by atoms with Gasteiger partial charge in [-0.2, -0.15) is 0 Å². The number of aryl methyl sites for hydroxylation is 1. The normalized spacial score (nSPS) is 10.7. The van der Waals surface area contributed by atoms with Crippen molar-refractivity contribution in [1.29, 1.82) is 0 Å². The van der Waals surface area contributed by atoms with E-state index in [9.17, 15) is 0 Å². The molecule has 0 aliphatic carbocycles. The molecule has 1 aromatic heterocycles. The quantitative estimate of drug-likeness (QED) is 0.920. The Balaban J connectivity index is 2.28. The van der Waals surface area contributed by atoms with E-state index in [-0.39, 0.29) is 0 Å². The van der Waals surface area contributed by atoms with Crippen LogP contribution in [0.2, 0.25) is 0 Å². The summed E-state index contributed by atoms with van der Waals surface area (Å²) in [6.45, 7) is 2.74. The van der Waals surface area contributed by atoms with Gasteiger partial charge in [-0.25, -0.2) is 4.98 Å². The van der Waals surface area contributed by atoms with Gasteiger partial charge < -0.3 is 10.6 Å². The second kappa shape index (κ2) is 5.50. The zero-order chi connectivity index (χ0) is 13.1. The molecular formula is C14H19N3S. The Morgan fingerprint density at radius 2 is 1.89 bits per heavy atom. The van der Waals surface area contributed by atoms with Crippen LogP contribution in [0.25, 0.3) is 10.6 Å². The van der Waals surface area contributed by atoms with Crippen LogP contribution in [0.3, 0.4) is 0 Å². The standard InChI is InChI=1S/C14H19N3S/c1-10-13(8-9-15)18-14(16-10)11-4-6-12(7-5-11)17(2)3/h4-7H,8-9,15H2,1-3H3. The summed E-state index contributed by atoms with van der Waals surface area (Å²) >= 11 is 1.75. The summed E-state index contributed by atoms with van der Waals surface area (Å²) in [4.78, 5) is 8.01. The van der Waals surface area contributed by atoms with Crippen molar-refractivity contribution < 1.29 is 0 Å². The first-order chi connectivity index (χ1) is 8.61. The SMILES string of the molecule is Cc1nc(-c2ccc(N(C)C)cc2)sc1CCN. The van der Waals surface area contributed by atoms with Crippen molar-refractivity contribution >= 4 is 17.0 Å². The maximum absolute atomic E-state index is 5.60. The number of rotatable bonds is 4. The number of nitrogens with two attached hydrogens (primary N) is 1. The van der Waals surface area contributed by atoms with Gasteiger partial charge in [0.15, 0.2) is 0 Å². The van der Waals surface area contributed by atoms with Crippen LogP contribution in [0.4, 0.5) is 5.69 Å². The van der Waals surface area contributed by atoms with Gasteiger partial charge in [-0.1, -0.05) is 0 Å². The number of hydrogen-bond donors (Lipinski definition) is 1. The Labute approximate surface area is 112 Å². The first-order valence-corrected chi connectivity index (χ1v) is 6.87. The molecule has 0 fully saturated rings. The van der Waals surface area contributed by atoms with Crippen LogP contribution in [0, 0.1) is 6.92 Å². The summed E-state index contributed by atoms with van der Waals surface area (Å²) in [5.74, 6) is 0. The summed E-state index contributed by atoms with van der Waals surface area (Å²) in [5.41, 5.74) is 9.09. The lowest BCUT2D eigenvalue weighted by molar-refractivity contribution is 0.970. The second-order valence-electron chi connectivity index (χ2n) is 4.51. The molecular weight excluding hydrogens is 242 g/mol. The van der Waals surface area contributed by atoms with Crippen molar-refractivity contribution in [2.45, 2.75) is 13.3 Å². The van der Waals surface area contributed by atoms with E-state index in [0.717, 1.165) is 17.1 Å². The van der Waals surface area contributed by atoms with E-state index < -0.39 is 0 Å². The molecule has 2 N–H and O–H groups in total. The molecule has 0 amide bonds. The van der Waals surface area contributed by atoms with Gasteiger partial charge >= 0.3 is 0 Å². The van der Waals surface area contributed by atoms with Crippen LogP contribution in [0.5, 0.6) is 0 Å². The maximum atomic E-state index is 5.60. The Bertz CT molecular complexity index is 514. The molecule has 0 bridgehead atoms. The van der Waals surface area contributed by atoms with Gasteiger partial charge in [0.2, 0.25) is 0 Å². The zero-order valence-electron chi connectivity index (χ0n) is 11.1. The third-order valence-corrected chi connectivity index (χ3v) is 4.16. The summed E-state index contributed by atoms with van der Waals surface area (Å²) in [6, 6.07) is 8.49. The second-order valence-corrected chi connectivity index (χ2v) is 5.59. The Hall–Kier alpha value is -1.39. The average Bonchev–Trinajstić information content (AvgIpc) is 2.72. The van der Waals surface area contributed by atoms with Crippen LogP contribution in [0.15, 0.2) is 24.3 Å². The zero-order valence-corrected chi connectivity index (χ0v) is 11.9. The van der Waals surface area contributed by atoms with Crippen molar-refractivity contribution in [3.05, 3.63) is 34.8 Å². The predicted octanol–water partition coefficient (Wildman–Crippen LogP) is 2.69. The summed E-state index contributed by atoms with van der Waals surface area (Å²) < 4.78 is 0. The molecule has 1 heterocycles. The molecule has 0 atom stereocenters. The molecule has 18 heavy (non-hydrogen) atoms. The third kappa shape index (κ3) is 2.71. The first kappa shape index (κ1) is 13.1.